The van der Waals surface area contributed by atoms with E-state index in [-0.39, 0.29) is 6.42 Å². The minimum absolute atomic E-state index is 0.205. The summed E-state index contributed by atoms with van der Waals surface area (Å²) in [6, 6.07) is 0. The molecule has 0 saturated carbocycles. The van der Waals surface area contributed by atoms with Crippen molar-refractivity contribution in [3.05, 3.63) is 0 Å². The lowest BCUT2D eigenvalue weighted by Gasteiger charge is -2.26. The van der Waals surface area contributed by atoms with Gasteiger partial charge in [-0.3, -0.25) is 0 Å². The van der Waals surface area contributed by atoms with Crippen molar-refractivity contribution in [1.82, 2.24) is 5.32 Å². The van der Waals surface area contributed by atoms with E-state index in [0.717, 1.165) is 0 Å². The summed E-state index contributed by atoms with van der Waals surface area (Å²) < 4.78 is 36.2. The molecule has 0 amide bonds. The minimum atomic E-state index is -4.09. The zero-order valence-corrected chi connectivity index (χ0v) is 5.76. The molecule has 1 nitrogen and oxygen atoms in total. The standard InChI is InChI=1S/C6H10F3N/c1-5(6(7,8)9)3-2-4-10-5/h10H,2-4H2,1H3/t5-/m0/s1. The first-order chi connectivity index (χ1) is 4.46. The Morgan fingerprint density at radius 2 is 2.00 bits per heavy atom. The fourth-order valence-corrected chi connectivity index (χ4v) is 1.14. The van der Waals surface area contributed by atoms with Gasteiger partial charge in [0.1, 0.15) is 5.54 Å². The normalized spacial score (nSPS) is 34.8. The maximum Gasteiger partial charge on any atom is 0.406 e. The summed E-state index contributed by atoms with van der Waals surface area (Å²) in [5.74, 6) is 0. The van der Waals surface area contributed by atoms with E-state index in [2.05, 4.69) is 5.32 Å². The van der Waals surface area contributed by atoms with Crippen LogP contribution < -0.4 is 5.32 Å². The Kier molecular flexibility index (Phi) is 1.66. The fourth-order valence-electron chi connectivity index (χ4n) is 1.14. The van der Waals surface area contributed by atoms with Crippen LogP contribution in [0.15, 0.2) is 0 Å². The second-order valence-corrected chi connectivity index (χ2v) is 2.86. The molecule has 0 aromatic heterocycles. The fraction of sp³-hybridized carbons (Fsp3) is 1.00. The zero-order chi connectivity index (χ0) is 7.83. The summed E-state index contributed by atoms with van der Waals surface area (Å²) >= 11 is 0. The van der Waals surface area contributed by atoms with Crippen LogP contribution in [-0.4, -0.2) is 18.3 Å². The van der Waals surface area contributed by atoms with Crippen molar-refractivity contribution < 1.29 is 13.2 Å². The number of nitrogens with one attached hydrogen (secondary N) is 1. The van der Waals surface area contributed by atoms with Crippen LogP contribution in [0.25, 0.3) is 0 Å². The third-order valence-electron chi connectivity index (χ3n) is 1.99. The van der Waals surface area contributed by atoms with Crippen LogP contribution in [0.5, 0.6) is 0 Å². The zero-order valence-electron chi connectivity index (χ0n) is 5.76. The van der Waals surface area contributed by atoms with Crippen LogP contribution in [0.1, 0.15) is 19.8 Å². The quantitative estimate of drug-likeness (QED) is 0.558. The Hall–Kier alpha value is -0.250. The first-order valence-corrected chi connectivity index (χ1v) is 3.27. The van der Waals surface area contributed by atoms with Crippen molar-refractivity contribution in [3.8, 4) is 0 Å². The van der Waals surface area contributed by atoms with Gasteiger partial charge in [-0.15, -0.1) is 0 Å². The van der Waals surface area contributed by atoms with Crippen molar-refractivity contribution in [2.75, 3.05) is 6.54 Å². The Balaban J connectivity index is 2.67. The lowest BCUT2D eigenvalue weighted by Crippen LogP contribution is -2.50. The van der Waals surface area contributed by atoms with Crippen molar-refractivity contribution in [1.29, 1.82) is 0 Å². The molecule has 10 heavy (non-hydrogen) atoms. The molecule has 0 radical (unpaired) electrons. The first-order valence-electron chi connectivity index (χ1n) is 3.27. The van der Waals surface area contributed by atoms with Crippen molar-refractivity contribution in [2.45, 2.75) is 31.5 Å². The van der Waals surface area contributed by atoms with Crippen LogP contribution in [0, 0.1) is 0 Å². The van der Waals surface area contributed by atoms with E-state index in [9.17, 15) is 13.2 Å². The molecule has 0 aliphatic carbocycles. The second-order valence-electron chi connectivity index (χ2n) is 2.86. The molecule has 0 aromatic rings. The topological polar surface area (TPSA) is 12.0 Å². The van der Waals surface area contributed by atoms with Crippen LogP contribution in [0.3, 0.4) is 0 Å². The van der Waals surface area contributed by atoms with Gasteiger partial charge in [-0.2, -0.15) is 13.2 Å². The minimum Gasteiger partial charge on any atom is -0.304 e. The number of hydrogen-bond donors (Lipinski definition) is 1. The van der Waals surface area contributed by atoms with Gasteiger partial charge in [-0.05, 0) is 26.3 Å². The lowest BCUT2D eigenvalue weighted by molar-refractivity contribution is -0.186. The summed E-state index contributed by atoms with van der Waals surface area (Å²) in [6.07, 6.45) is -3.27. The smallest absolute Gasteiger partial charge is 0.304 e. The molecule has 1 atom stereocenters. The molecule has 0 unspecified atom stereocenters. The van der Waals surface area contributed by atoms with Crippen LogP contribution in [0.4, 0.5) is 13.2 Å². The van der Waals surface area contributed by atoms with Gasteiger partial charge >= 0.3 is 6.18 Å². The molecule has 1 aliphatic rings. The molecular formula is C6H10F3N. The highest BCUT2D eigenvalue weighted by molar-refractivity contribution is 4.94. The van der Waals surface area contributed by atoms with Crippen molar-refractivity contribution >= 4 is 0 Å². The number of alkyl halides is 3. The van der Waals surface area contributed by atoms with Gasteiger partial charge in [0, 0.05) is 0 Å². The molecular weight excluding hydrogens is 143 g/mol. The molecule has 1 rings (SSSR count). The molecule has 0 aromatic carbocycles. The molecule has 1 fully saturated rings. The highest BCUT2D eigenvalue weighted by Gasteiger charge is 2.52. The highest BCUT2D eigenvalue weighted by Crippen LogP contribution is 2.36. The third-order valence-corrected chi connectivity index (χ3v) is 1.99. The van der Waals surface area contributed by atoms with E-state index in [0.29, 0.717) is 13.0 Å². The Morgan fingerprint density at radius 1 is 1.40 bits per heavy atom. The molecule has 60 valence electrons. The van der Waals surface area contributed by atoms with Crippen LogP contribution in [0.2, 0.25) is 0 Å². The van der Waals surface area contributed by atoms with Gasteiger partial charge in [0.15, 0.2) is 0 Å². The predicted molar refractivity (Wildman–Crippen MR) is 31.7 cm³/mol. The number of hydrogen-bond acceptors (Lipinski definition) is 1. The van der Waals surface area contributed by atoms with E-state index in [1.807, 2.05) is 0 Å². The molecule has 1 saturated heterocycles. The summed E-state index contributed by atoms with van der Waals surface area (Å²) in [7, 11) is 0. The van der Waals surface area contributed by atoms with Crippen molar-refractivity contribution in [2.24, 2.45) is 0 Å². The SMILES string of the molecule is C[C@@]1(C(F)(F)F)CCCN1. The molecule has 1 heterocycles. The van der Waals surface area contributed by atoms with Crippen LogP contribution in [-0.2, 0) is 0 Å². The predicted octanol–water partition coefficient (Wildman–Crippen LogP) is 1.69. The third kappa shape index (κ3) is 1.12. The summed E-state index contributed by atoms with van der Waals surface area (Å²) in [6.45, 7) is 1.69. The van der Waals surface area contributed by atoms with Crippen LogP contribution >= 0.6 is 0 Å². The average Bonchev–Trinajstić information content (AvgIpc) is 2.13. The van der Waals surface area contributed by atoms with Gasteiger partial charge < -0.3 is 5.32 Å². The monoisotopic (exact) mass is 153 g/mol. The maximum absolute atomic E-state index is 12.1. The first kappa shape index (κ1) is 7.85. The Bertz CT molecular complexity index is 123. The molecule has 1 aliphatic heterocycles. The van der Waals surface area contributed by atoms with E-state index in [4.69, 9.17) is 0 Å². The molecule has 4 heteroatoms. The Morgan fingerprint density at radius 3 is 2.20 bits per heavy atom. The van der Waals surface area contributed by atoms with E-state index in [1.165, 1.54) is 6.92 Å². The summed E-state index contributed by atoms with van der Waals surface area (Å²) in [5.41, 5.74) is -1.62. The largest absolute Gasteiger partial charge is 0.406 e. The van der Waals surface area contributed by atoms with E-state index < -0.39 is 11.7 Å². The van der Waals surface area contributed by atoms with Gasteiger partial charge in [0.25, 0.3) is 0 Å². The lowest BCUT2D eigenvalue weighted by atomic mass is 10.0. The van der Waals surface area contributed by atoms with Gasteiger partial charge in [0.2, 0.25) is 0 Å². The molecule has 1 N–H and O–H groups in total. The molecule has 0 bridgehead atoms. The van der Waals surface area contributed by atoms with Gasteiger partial charge in [0.05, 0.1) is 0 Å². The highest BCUT2D eigenvalue weighted by atomic mass is 19.4. The van der Waals surface area contributed by atoms with Gasteiger partial charge in [-0.1, -0.05) is 0 Å². The van der Waals surface area contributed by atoms with E-state index >= 15 is 0 Å². The summed E-state index contributed by atoms with van der Waals surface area (Å²) in [5, 5.41) is 2.45. The summed E-state index contributed by atoms with van der Waals surface area (Å²) in [4.78, 5) is 0. The van der Waals surface area contributed by atoms with E-state index in [1.54, 1.807) is 0 Å². The number of rotatable bonds is 0. The Labute approximate surface area is 57.6 Å². The number of halogens is 3. The average molecular weight is 153 g/mol. The second kappa shape index (κ2) is 2.12. The van der Waals surface area contributed by atoms with Gasteiger partial charge in [-0.25, -0.2) is 0 Å². The van der Waals surface area contributed by atoms with Crippen molar-refractivity contribution in [3.63, 3.8) is 0 Å². The maximum atomic E-state index is 12.1. The molecule has 0 spiro atoms.